The van der Waals surface area contributed by atoms with Gasteiger partial charge in [0.1, 0.15) is 5.75 Å². The number of hydrogen-bond donors (Lipinski definition) is 1. The lowest BCUT2D eigenvalue weighted by Crippen LogP contribution is -2.32. The van der Waals surface area contributed by atoms with Crippen molar-refractivity contribution in [3.05, 3.63) is 52.5 Å². The zero-order chi connectivity index (χ0) is 18.5. The molecule has 3 rings (SSSR count). The molecule has 1 saturated heterocycles. The number of nitrogens with one attached hydrogen (secondary N) is 1. The maximum Gasteiger partial charge on any atom is 0.262 e. The molecular weight excluding hydrogens is 371 g/mol. The summed E-state index contributed by atoms with van der Waals surface area (Å²) in [4.78, 5) is 14.4. The summed E-state index contributed by atoms with van der Waals surface area (Å²) in [6.45, 7) is 4.23. The number of amides is 1. The molecular formula is C20H22Cl2N2O2. The van der Waals surface area contributed by atoms with Crippen molar-refractivity contribution in [1.82, 2.24) is 0 Å². The number of nitrogens with zero attached hydrogens (tertiary/aromatic N) is 1. The average Bonchev–Trinajstić information content (AvgIpc) is 2.62. The lowest BCUT2D eigenvalue weighted by molar-refractivity contribution is -0.118. The van der Waals surface area contributed by atoms with Crippen LogP contribution in [0.4, 0.5) is 11.4 Å². The minimum Gasteiger partial charge on any atom is -0.484 e. The molecule has 1 amide bonds. The monoisotopic (exact) mass is 392 g/mol. The standard InChI is InChI=1S/C20H22Cl2N2O2/c1-14-8-10-24(11-9-14)19-7-4-16(12-18(19)22)23-20(25)13-26-17-5-2-15(21)3-6-17/h2-7,12,14H,8-11,13H2,1H3,(H,23,25). The zero-order valence-electron chi connectivity index (χ0n) is 14.7. The van der Waals surface area contributed by atoms with Crippen molar-refractivity contribution < 1.29 is 9.53 Å². The summed E-state index contributed by atoms with van der Waals surface area (Å²) >= 11 is 12.3. The Morgan fingerprint density at radius 3 is 2.50 bits per heavy atom. The van der Waals surface area contributed by atoms with Gasteiger partial charge in [0.2, 0.25) is 0 Å². The van der Waals surface area contributed by atoms with Gasteiger partial charge < -0.3 is 15.0 Å². The van der Waals surface area contributed by atoms with Gasteiger partial charge >= 0.3 is 0 Å². The van der Waals surface area contributed by atoms with E-state index in [0.717, 1.165) is 24.7 Å². The van der Waals surface area contributed by atoms with Crippen molar-refractivity contribution >= 4 is 40.5 Å². The molecule has 1 aliphatic rings. The van der Waals surface area contributed by atoms with Gasteiger partial charge in [-0.1, -0.05) is 30.1 Å². The number of carbonyl (C=O) groups is 1. The van der Waals surface area contributed by atoms with Crippen LogP contribution in [0.15, 0.2) is 42.5 Å². The van der Waals surface area contributed by atoms with Gasteiger partial charge in [0.05, 0.1) is 10.7 Å². The highest BCUT2D eigenvalue weighted by atomic mass is 35.5. The highest BCUT2D eigenvalue weighted by Gasteiger charge is 2.18. The lowest BCUT2D eigenvalue weighted by Gasteiger charge is -2.32. The van der Waals surface area contributed by atoms with E-state index in [1.54, 1.807) is 30.3 Å². The van der Waals surface area contributed by atoms with E-state index in [4.69, 9.17) is 27.9 Å². The summed E-state index contributed by atoms with van der Waals surface area (Å²) in [6.07, 6.45) is 2.35. The predicted molar refractivity (Wildman–Crippen MR) is 108 cm³/mol. The normalized spacial score (nSPS) is 15.0. The first kappa shape index (κ1) is 18.9. The van der Waals surface area contributed by atoms with Crippen molar-refractivity contribution in [2.45, 2.75) is 19.8 Å². The Morgan fingerprint density at radius 1 is 1.15 bits per heavy atom. The molecule has 0 bridgehead atoms. The fraction of sp³-hybridized carbons (Fsp3) is 0.350. The van der Waals surface area contributed by atoms with Crippen molar-refractivity contribution in [2.24, 2.45) is 5.92 Å². The van der Waals surface area contributed by atoms with Gasteiger partial charge in [-0.3, -0.25) is 4.79 Å². The maximum atomic E-state index is 12.1. The third kappa shape index (κ3) is 5.05. The van der Waals surface area contributed by atoms with E-state index in [2.05, 4.69) is 17.1 Å². The van der Waals surface area contributed by atoms with E-state index in [0.29, 0.717) is 21.5 Å². The van der Waals surface area contributed by atoms with Crippen LogP contribution in [0.25, 0.3) is 0 Å². The molecule has 6 heteroatoms. The van der Waals surface area contributed by atoms with E-state index >= 15 is 0 Å². The molecule has 1 heterocycles. The number of ether oxygens (including phenoxy) is 1. The molecule has 0 saturated carbocycles. The highest BCUT2D eigenvalue weighted by molar-refractivity contribution is 6.33. The molecule has 0 radical (unpaired) electrons. The molecule has 2 aromatic rings. The van der Waals surface area contributed by atoms with Gasteiger partial charge in [-0.15, -0.1) is 0 Å². The number of hydrogen-bond acceptors (Lipinski definition) is 3. The Hall–Kier alpha value is -1.91. The first-order valence-electron chi connectivity index (χ1n) is 8.74. The van der Waals surface area contributed by atoms with E-state index in [9.17, 15) is 4.79 Å². The summed E-state index contributed by atoms with van der Waals surface area (Å²) in [5, 5.41) is 4.08. The fourth-order valence-corrected chi connectivity index (χ4v) is 3.39. The number of benzene rings is 2. The minimum atomic E-state index is -0.240. The van der Waals surface area contributed by atoms with Crippen LogP contribution < -0.4 is 15.0 Å². The Labute approximate surface area is 164 Å². The van der Waals surface area contributed by atoms with Crippen LogP contribution in [0.5, 0.6) is 5.75 Å². The van der Waals surface area contributed by atoms with Crippen LogP contribution in [0.1, 0.15) is 19.8 Å². The predicted octanol–water partition coefficient (Wildman–Crippen LogP) is 5.25. The summed E-state index contributed by atoms with van der Waals surface area (Å²) in [7, 11) is 0. The van der Waals surface area contributed by atoms with Crippen molar-refractivity contribution in [3.8, 4) is 5.75 Å². The van der Waals surface area contributed by atoms with Gasteiger partial charge in [0.15, 0.2) is 6.61 Å². The quantitative estimate of drug-likeness (QED) is 0.755. The van der Waals surface area contributed by atoms with Gasteiger partial charge in [0.25, 0.3) is 5.91 Å². The number of piperidine rings is 1. The lowest BCUT2D eigenvalue weighted by atomic mass is 9.99. The number of rotatable bonds is 5. The molecule has 26 heavy (non-hydrogen) atoms. The Morgan fingerprint density at radius 2 is 1.85 bits per heavy atom. The van der Waals surface area contributed by atoms with Crippen LogP contribution in [0, 0.1) is 5.92 Å². The van der Waals surface area contributed by atoms with E-state index in [-0.39, 0.29) is 12.5 Å². The number of anilines is 2. The second-order valence-electron chi connectivity index (χ2n) is 6.63. The van der Waals surface area contributed by atoms with Crippen LogP contribution in [0.2, 0.25) is 10.0 Å². The van der Waals surface area contributed by atoms with E-state index in [1.807, 2.05) is 12.1 Å². The first-order chi connectivity index (χ1) is 12.5. The summed E-state index contributed by atoms with van der Waals surface area (Å²) in [5.74, 6) is 1.12. The molecule has 4 nitrogen and oxygen atoms in total. The first-order valence-corrected chi connectivity index (χ1v) is 9.49. The topological polar surface area (TPSA) is 41.6 Å². The van der Waals surface area contributed by atoms with Gasteiger partial charge in [-0.2, -0.15) is 0 Å². The van der Waals surface area contributed by atoms with Crippen LogP contribution in [-0.4, -0.2) is 25.6 Å². The fourth-order valence-electron chi connectivity index (χ4n) is 2.97. The average molecular weight is 393 g/mol. The molecule has 2 aromatic carbocycles. The number of carbonyl (C=O) groups excluding carboxylic acids is 1. The van der Waals surface area contributed by atoms with Crippen molar-refractivity contribution in [3.63, 3.8) is 0 Å². The third-order valence-electron chi connectivity index (χ3n) is 4.54. The molecule has 1 fully saturated rings. The molecule has 0 aliphatic carbocycles. The minimum absolute atomic E-state index is 0.0784. The summed E-state index contributed by atoms with van der Waals surface area (Å²) < 4.78 is 5.44. The smallest absolute Gasteiger partial charge is 0.262 e. The Balaban J connectivity index is 1.55. The Bertz CT molecular complexity index is 757. The van der Waals surface area contributed by atoms with Crippen LogP contribution in [-0.2, 0) is 4.79 Å². The van der Waals surface area contributed by atoms with Crippen LogP contribution >= 0.6 is 23.2 Å². The number of halogens is 2. The zero-order valence-corrected chi connectivity index (χ0v) is 16.2. The van der Waals surface area contributed by atoms with Crippen LogP contribution in [0.3, 0.4) is 0 Å². The van der Waals surface area contributed by atoms with E-state index in [1.165, 1.54) is 12.8 Å². The molecule has 138 valence electrons. The highest BCUT2D eigenvalue weighted by Crippen LogP contribution is 2.31. The SMILES string of the molecule is CC1CCN(c2ccc(NC(=O)COc3ccc(Cl)cc3)cc2Cl)CC1. The van der Waals surface area contributed by atoms with Gasteiger partial charge in [0, 0.05) is 23.8 Å². The molecule has 0 spiro atoms. The van der Waals surface area contributed by atoms with Gasteiger partial charge in [-0.05, 0) is 61.2 Å². The molecule has 0 atom stereocenters. The Kier molecular flexibility index (Phi) is 6.28. The maximum absolute atomic E-state index is 12.1. The van der Waals surface area contributed by atoms with Crippen molar-refractivity contribution in [1.29, 1.82) is 0 Å². The second kappa shape index (κ2) is 8.65. The summed E-state index contributed by atoms with van der Waals surface area (Å²) in [5.41, 5.74) is 1.68. The van der Waals surface area contributed by atoms with Crippen molar-refractivity contribution in [2.75, 3.05) is 29.9 Å². The largest absolute Gasteiger partial charge is 0.484 e. The summed E-state index contributed by atoms with van der Waals surface area (Å²) in [6, 6.07) is 12.5. The molecule has 0 aromatic heterocycles. The van der Waals surface area contributed by atoms with E-state index < -0.39 is 0 Å². The second-order valence-corrected chi connectivity index (χ2v) is 7.47. The third-order valence-corrected chi connectivity index (χ3v) is 5.09. The van der Waals surface area contributed by atoms with Gasteiger partial charge in [-0.25, -0.2) is 0 Å². The molecule has 0 unspecified atom stereocenters. The molecule has 1 N–H and O–H groups in total. The molecule has 1 aliphatic heterocycles.